The highest BCUT2D eigenvalue weighted by Gasteiger charge is 2.11. The van der Waals surface area contributed by atoms with Crippen LogP contribution in [0.25, 0.3) is 0 Å². The third kappa shape index (κ3) is 2.08. The van der Waals surface area contributed by atoms with E-state index in [9.17, 15) is 4.79 Å². The lowest BCUT2D eigenvalue weighted by Crippen LogP contribution is -2.03. The fourth-order valence-corrected chi connectivity index (χ4v) is 1.07. The number of ether oxygens (including phenoxy) is 1. The van der Waals surface area contributed by atoms with E-state index < -0.39 is 0 Å². The van der Waals surface area contributed by atoms with Gasteiger partial charge in [-0.25, -0.2) is 0 Å². The van der Waals surface area contributed by atoms with Gasteiger partial charge in [-0.3, -0.25) is 9.89 Å². The molecule has 66 valence electrons. The molecule has 1 aromatic heterocycles. The fraction of sp³-hybridized carbons (Fsp3) is 0.500. The Bertz CT molecular complexity index is 221. The number of aromatic amines is 1. The molecule has 4 heteroatoms. The summed E-state index contributed by atoms with van der Waals surface area (Å²) in [4.78, 5) is 10.1. The molecule has 0 aliphatic heterocycles. The fourth-order valence-electron chi connectivity index (χ4n) is 1.07. The predicted octanol–water partition coefficient (Wildman–Crippen LogP) is 1.42. The Labute approximate surface area is 70.9 Å². The molecule has 4 nitrogen and oxygen atoms in total. The minimum Gasteiger partial charge on any atom is -0.458 e. The van der Waals surface area contributed by atoms with Gasteiger partial charge in [-0.1, -0.05) is 13.3 Å². The minimum absolute atomic E-state index is 0.171. The van der Waals surface area contributed by atoms with Crippen molar-refractivity contribution in [2.24, 2.45) is 0 Å². The van der Waals surface area contributed by atoms with E-state index in [0.29, 0.717) is 6.47 Å². The number of hydrogen-bond acceptors (Lipinski definition) is 3. The molecule has 0 amide bonds. The van der Waals surface area contributed by atoms with E-state index in [1.54, 1.807) is 6.20 Å². The lowest BCUT2D eigenvalue weighted by atomic mass is 10.1. The Morgan fingerprint density at radius 1 is 1.83 bits per heavy atom. The number of carbonyl (C=O) groups is 1. The van der Waals surface area contributed by atoms with Crippen LogP contribution < -0.4 is 0 Å². The Balaban J connectivity index is 2.59. The maximum Gasteiger partial charge on any atom is 0.293 e. The zero-order valence-corrected chi connectivity index (χ0v) is 6.99. The summed E-state index contributed by atoms with van der Waals surface area (Å²) in [6.45, 7) is 2.51. The predicted molar refractivity (Wildman–Crippen MR) is 43.4 cm³/mol. The standard InChI is InChI=1S/C8H12N2O2/c1-2-3-8(12-6-11)7-4-5-9-10-7/h4-6,8H,2-3H2,1H3,(H,9,10). The van der Waals surface area contributed by atoms with Crippen LogP contribution >= 0.6 is 0 Å². The molecule has 0 bridgehead atoms. The number of rotatable bonds is 5. The van der Waals surface area contributed by atoms with E-state index in [1.807, 2.05) is 13.0 Å². The molecular formula is C8H12N2O2. The highest BCUT2D eigenvalue weighted by Crippen LogP contribution is 2.18. The second-order valence-electron chi connectivity index (χ2n) is 2.52. The summed E-state index contributed by atoms with van der Waals surface area (Å²) in [6, 6.07) is 1.81. The number of H-pyrrole nitrogens is 1. The Hall–Kier alpha value is -1.32. The molecule has 0 fully saturated rings. The average Bonchev–Trinajstić information content (AvgIpc) is 2.56. The van der Waals surface area contributed by atoms with E-state index in [-0.39, 0.29) is 6.10 Å². The highest BCUT2D eigenvalue weighted by molar-refractivity contribution is 5.38. The molecule has 0 aromatic carbocycles. The molecule has 1 rings (SSSR count). The smallest absolute Gasteiger partial charge is 0.293 e. The summed E-state index contributed by atoms with van der Waals surface area (Å²) < 4.78 is 4.87. The zero-order chi connectivity index (χ0) is 8.81. The van der Waals surface area contributed by atoms with E-state index in [2.05, 4.69) is 10.2 Å². The Morgan fingerprint density at radius 3 is 3.17 bits per heavy atom. The van der Waals surface area contributed by atoms with Crippen LogP contribution in [0.1, 0.15) is 31.6 Å². The molecule has 1 aromatic rings. The van der Waals surface area contributed by atoms with Crippen LogP contribution in [0.4, 0.5) is 0 Å². The maximum atomic E-state index is 10.1. The molecule has 0 aliphatic rings. The first-order chi connectivity index (χ1) is 5.88. The number of hydrogen-bond donors (Lipinski definition) is 1. The van der Waals surface area contributed by atoms with Crippen molar-refractivity contribution in [3.8, 4) is 0 Å². The summed E-state index contributed by atoms with van der Waals surface area (Å²) in [5.74, 6) is 0. The van der Waals surface area contributed by atoms with Crippen LogP contribution in [-0.4, -0.2) is 16.7 Å². The quantitative estimate of drug-likeness (QED) is 0.676. The number of aromatic nitrogens is 2. The van der Waals surface area contributed by atoms with Crippen molar-refractivity contribution in [3.63, 3.8) is 0 Å². The largest absolute Gasteiger partial charge is 0.458 e. The molecule has 1 unspecified atom stereocenters. The van der Waals surface area contributed by atoms with Gasteiger partial charge in [0, 0.05) is 6.20 Å². The van der Waals surface area contributed by atoms with E-state index in [1.165, 1.54) is 0 Å². The van der Waals surface area contributed by atoms with Crippen molar-refractivity contribution in [2.45, 2.75) is 25.9 Å². The van der Waals surface area contributed by atoms with E-state index >= 15 is 0 Å². The van der Waals surface area contributed by atoms with Crippen molar-refractivity contribution in [3.05, 3.63) is 18.0 Å². The topological polar surface area (TPSA) is 55.0 Å². The summed E-state index contributed by atoms with van der Waals surface area (Å²) in [5.41, 5.74) is 0.851. The first-order valence-electron chi connectivity index (χ1n) is 3.96. The summed E-state index contributed by atoms with van der Waals surface area (Å²) >= 11 is 0. The van der Waals surface area contributed by atoms with Gasteiger partial charge in [-0.2, -0.15) is 5.10 Å². The Morgan fingerprint density at radius 2 is 2.67 bits per heavy atom. The van der Waals surface area contributed by atoms with Crippen molar-refractivity contribution in [1.29, 1.82) is 0 Å². The molecule has 0 aliphatic carbocycles. The van der Waals surface area contributed by atoms with Crippen LogP contribution in [0.2, 0.25) is 0 Å². The molecule has 1 heterocycles. The molecule has 0 spiro atoms. The molecule has 1 atom stereocenters. The first-order valence-corrected chi connectivity index (χ1v) is 3.96. The van der Waals surface area contributed by atoms with Gasteiger partial charge in [0.2, 0.25) is 0 Å². The monoisotopic (exact) mass is 168 g/mol. The third-order valence-corrected chi connectivity index (χ3v) is 1.64. The molecule has 12 heavy (non-hydrogen) atoms. The minimum atomic E-state index is -0.171. The molecule has 0 radical (unpaired) electrons. The normalized spacial score (nSPS) is 12.4. The van der Waals surface area contributed by atoms with Gasteiger partial charge in [0.1, 0.15) is 6.10 Å². The first kappa shape index (κ1) is 8.77. The highest BCUT2D eigenvalue weighted by atomic mass is 16.5. The molecular weight excluding hydrogens is 156 g/mol. The van der Waals surface area contributed by atoms with Crippen LogP contribution in [0, 0.1) is 0 Å². The summed E-state index contributed by atoms with van der Waals surface area (Å²) in [7, 11) is 0. The second-order valence-corrected chi connectivity index (χ2v) is 2.52. The van der Waals surface area contributed by atoms with Crippen LogP contribution in [0.5, 0.6) is 0 Å². The Kier molecular flexibility index (Phi) is 3.32. The van der Waals surface area contributed by atoms with Gasteiger partial charge in [-0.05, 0) is 12.5 Å². The van der Waals surface area contributed by atoms with Gasteiger partial charge < -0.3 is 4.74 Å². The molecule has 0 saturated heterocycles. The maximum absolute atomic E-state index is 10.1. The SMILES string of the molecule is CCCC(OC=O)c1ccn[nH]1. The van der Waals surface area contributed by atoms with Gasteiger partial charge >= 0.3 is 0 Å². The molecule has 1 N–H and O–H groups in total. The summed E-state index contributed by atoms with van der Waals surface area (Å²) in [6.07, 6.45) is 3.26. The number of carbonyl (C=O) groups excluding carboxylic acids is 1. The van der Waals surface area contributed by atoms with Crippen molar-refractivity contribution in [1.82, 2.24) is 10.2 Å². The average molecular weight is 168 g/mol. The zero-order valence-electron chi connectivity index (χ0n) is 6.99. The molecule has 0 saturated carbocycles. The van der Waals surface area contributed by atoms with Crippen LogP contribution in [0.15, 0.2) is 12.3 Å². The van der Waals surface area contributed by atoms with Gasteiger partial charge in [0.05, 0.1) is 5.69 Å². The van der Waals surface area contributed by atoms with Crippen molar-refractivity contribution < 1.29 is 9.53 Å². The van der Waals surface area contributed by atoms with E-state index in [0.717, 1.165) is 18.5 Å². The lowest BCUT2D eigenvalue weighted by molar-refractivity contribution is -0.134. The van der Waals surface area contributed by atoms with Crippen LogP contribution in [0.3, 0.4) is 0 Å². The number of nitrogens with zero attached hydrogens (tertiary/aromatic N) is 1. The second kappa shape index (κ2) is 4.54. The van der Waals surface area contributed by atoms with Gasteiger partial charge in [0.25, 0.3) is 6.47 Å². The van der Waals surface area contributed by atoms with Gasteiger partial charge in [-0.15, -0.1) is 0 Å². The lowest BCUT2D eigenvalue weighted by Gasteiger charge is -2.11. The van der Waals surface area contributed by atoms with Crippen LogP contribution in [-0.2, 0) is 9.53 Å². The van der Waals surface area contributed by atoms with Crippen molar-refractivity contribution in [2.75, 3.05) is 0 Å². The number of nitrogens with one attached hydrogen (secondary N) is 1. The van der Waals surface area contributed by atoms with Crippen molar-refractivity contribution >= 4 is 6.47 Å². The third-order valence-electron chi connectivity index (χ3n) is 1.64. The summed E-state index contributed by atoms with van der Waals surface area (Å²) in [5, 5.41) is 6.56. The van der Waals surface area contributed by atoms with Gasteiger partial charge in [0.15, 0.2) is 0 Å². The van der Waals surface area contributed by atoms with E-state index in [4.69, 9.17) is 4.74 Å².